The number of ether oxygens (including phenoxy) is 2. The first-order chi connectivity index (χ1) is 18.0. The molecule has 0 radical (unpaired) electrons. The van der Waals surface area contributed by atoms with Gasteiger partial charge in [0.25, 0.3) is 0 Å². The van der Waals surface area contributed by atoms with E-state index in [9.17, 15) is 15.0 Å². The van der Waals surface area contributed by atoms with Gasteiger partial charge in [-0.15, -0.1) is 0 Å². The topological polar surface area (TPSA) is 92.4 Å². The second-order valence-electron chi connectivity index (χ2n) is 9.15. The van der Waals surface area contributed by atoms with Crippen LogP contribution in [0.15, 0.2) is 76.1 Å². The van der Waals surface area contributed by atoms with Crippen LogP contribution in [0.2, 0.25) is 0 Å². The van der Waals surface area contributed by atoms with Crippen LogP contribution in [0.5, 0.6) is 23.0 Å². The maximum absolute atomic E-state index is 12.9. The molecule has 3 aromatic carbocycles. The molecular weight excluding hydrogens is 470 g/mol. The monoisotopic (exact) mass is 503 g/mol. The fraction of sp³-hybridized carbons (Fsp3) is 0.300. The minimum Gasteiger partial charge on any atom is -0.508 e. The third-order valence-corrected chi connectivity index (χ3v) is 6.34. The first-order valence-electron chi connectivity index (χ1n) is 12.5. The summed E-state index contributed by atoms with van der Waals surface area (Å²) in [7, 11) is 3.84. The summed E-state index contributed by atoms with van der Waals surface area (Å²) in [6.07, 6.45) is 5.67. The molecule has 4 aromatic rings. The van der Waals surface area contributed by atoms with Crippen molar-refractivity contribution in [1.82, 2.24) is 4.90 Å². The highest BCUT2D eigenvalue weighted by molar-refractivity contribution is 5.88. The van der Waals surface area contributed by atoms with Gasteiger partial charge in [0, 0.05) is 24.2 Å². The van der Waals surface area contributed by atoms with Gasteiger partial charge in [-0.3, -0.25) is 4.79 Å². The Balaban J connectivity index is 1.20. The van der Waals surface area contributed by atoms with E-state index in [1.54, 1.807) is 19.2 Å². The summed E-state index contributed by atoms with van der Waals surface area (Å²) in [5.74, 6) is 1.19. The summed E-state index contributed by atoms with van der Waals surface area (Å²) in [6, 6.07) is 17.8. The molecule has 0 aliphatic rings. The highest BCUT2D eigenvalue weighted by Crippen LogP contribution is 2.30. The molecule has 7 heteroatoms. The Morgan fingerprint density at radius 2 is 1.70 bits per heavy atom. The van der Waals surface area contributed by atoms with Crippen LogP contribution >= 0.6 is 0 Å². The highest BCUT2D eigenvalue weighted by atomic mass is 16.5. The molecule has 37 heavy (non-hydrogen) atoms. The number of phenolic OH excluding ortho intramolecular Hbond substituents is 2. The van der Waals surface area contributed by atoms with Crippen molar-refractivity contribution in [3.05, 3.63) is 82.7 Å². The van der Waals surface area contributed by atoms with Crippen molar-refractivity contribution < 1.29 is 24.1 Å². The Labute approximate surface area is 216 Å². The smallest absolute Gasteiger partial charge is 0.204 e. The molecule has 0 saturated carbocycles. The lowest BCUT2D eigenvalue weighted by molar-refractivity contribution is 0.292. The van der Waals surface area contributed by atoms with Crippen molar-refractivity contribution in [2.75, 3.05) is 27.3 Å². The molecule has 0 fully saturated rings. The second kappa shape index (κ2) is 12.3. The standard InChI is InChI=1S/C30H33NO6/c1-31(19-22-9-5-6-10-27(22)35-2)15-7-3-4-8-16-36-24-13-11-21(12-14-24)25-20-37-28-18-23(32)17-26(33)29(28)30(25)34/h5-6,9-14,17-18,20,32-33H,3-4,7-8,15-16,19H2,1-2H3. The van der Waals surface area contributed by atoms with Crippen LogP contribution in [0.3, 0.4) is 0 Å². The molecule has 2 N–H and O–H groups in total. The van der Waals surface area contributed by atoms with Gasteiger partial charge >= 0.3 is 0 Å². The normalized spacial score (nSPS) is 11.2. The first-order valence-corrected chi connectivity index (χ1v) is 12.5. The summed E-state index contributed by atoms with van der Waals surface area (Å²) in [5.41, 5.74) is 1.96. The van der Waals surface area contributed by atoms with Crippen molar-refractivity contribution in [3.8, 4) is 34.1 Å². The fourth-order valence-electron chi connectivity index (χ4n) is 4.38. The van der Waals surface area contributed by atoms with E-state index in [0.717, 1.165) is 56.3 Å². The molecule has 1 aromatic heterocycles. The van der Waals surface area contributed by atoms with Crippen molar-refractivity contribution in [1.29, 1.82) is 0 Å². The first kappa shape index (κ1) is 26.1. The molecule has 0 spiro atoms. The number of aromatic hydroxyl groups is 2. The molecular formula is C30H33NO6. The number of methoxy groups -OCH3 is 1. The Morgan fingerprint density at radius 3 is 2.49 bits per heavy atom. The number of unbranched alkanes of at least 4 members (excludes halogenated alkanes) is 3. The number of benzene rings is 3. The van der Waals surface area contributed by atoms with Gasteiger partial charge in [-0.05, 0) is 50.2 Å². The Kier molecular flexibility index (Phi) is 8.69. The summed E-state index contributed by atoms with van der Waals surface area (Å²) < 4.78 is 16.8. The molecule has 0 saturated heterocycles. The van der Waals surface area contributed by atoms with Crippen LogP contribution in [-0.2, 0) is 6.54 Å². The number of nitrogens with zero attached hydrogens (tertiary/aromatic N) is 1. The van der Waals surface area contributed by atoms with Gasteiger partial charge < -0.3 is 29.0 Å². The number of para-hydroxylation sites is 1. The van der Waals surface area contributed by atoms with Gasteiger partial charge in [-0.2, -0.15) is 0 Å². The van der Waals surface area contributed by atoms with Gasteiger partial charge in [-0.1, -0.05) is 43.2 Å². The molecule has 194 valence electrons. The summed E-state index contributed by atoms with van der Waals surface area (Å²) in [5, 5.41) is 19.7. The highest BCUT2D eigenvalue weighted by Gasteiger charge is 2.14. The van der Waals surface area contributed by atoms with E-state index in [0.29, 0.717) is 17.7 Å². The molecule has 7 nitrogen and oxygen atoms in total. The van der Waals surface area contributed by atoms with Gasteiger partial charge in [0.1, 0.15) is 40.2 Å². The van der Waals surface area contributed by atoms with Crippen molar-refractivity contribution >= 4 is 11.0 Å². The minimum atomic E-state index is -0.360. The van der Waals surface area contributed by atoms with Crippen LogP contribution in [0.4, 0.5) is 0 Å². The van der Waals surface area contributed by atoms with E-state index in [2.05, 4.69) is 18.0 Å². The number of hydrogen-bond donors (Lipinski definition) is 2. The zero-order valence-electron chi connectivity index (χ0n) is 21.3. The number of hydrogen-bond acceptors (Lipinski definition) is 7. The summed E-state index contributed by atoms with van der Waals surface area (Å²) in [4.78, 5) is 15.2. The zero-order valence-corrected chi connectivity index (χ0v) is 21.3. The fourth-order valence-corrected chi connectivity index (χ4v) is 4.38. The molecule has 0 amide bonds. The molecule has 1 heterocycles. The second-order valence-corrected chi connectivity index (χ2v) is 9.15. The average Bonchev–Trinajstić information content (AvgIpc) is 2.88. The zero-order chi connectivity index (χ0) is 26.2. The lowest BCUT2D eigenvalue weighted by Crippen LogP contribution is -2.19. The SMILES string of the molecule is COc1ccccc1CN(C)CCCCCCOc1ccc(-c2coc3cc(O)cc(O)c3c2=O)cc1. The number of rotatable bonds is 12. The van der Waals surface area contributed by atoms with Crippen molar-refractivity contribution in [3.63, 3.8) is 0 Å². The van der Waals surface area contributed by atoms with E-state index in [4.69, 9.17) is 13.9 Å². The summed E-state index contributed by atoms with van der Waals surface area (Å²) in [6.45, 7) is 2.53. The van der Waals surface area contributed by atoms with E-state index < -0.39 is 0 Å². The van der Waals surface area contributed by atoms with Crippen LogP contribution < -0.4 is 14.9 Å². The quantitative estimate of drug-likeness (QED) is 0.231. The lowest BCUT2D eigenvalue weighted by Gasteiger charge is -2.18. The van der Waals surface area contributed by atoms with E-state index >= 15 is 0 Å². The largest absolute Gasteiger partial charge is 0.508 e. The van der Waals surface area contributed by atoms with E-state index in [-0.39, 0.29) is 27.9 Å². The lowest BCUT2D eigenvalue weighted by atomic mass is 10.0. The van der Waals surface area contributed by atoms with Gasteiger partial charge in [-0.25, -0.2) is 0 Å². The predicted molar refractivity (Wildman–Crippen MR) is 145 cm³/mol. The number of phenols is 2. The van der Waals surface area contributed by atoms with Crippen LogP contribution in [0.1, 0.15) is 31.2 Å². The van der Waals surface area contributed by atoms with Crippen LogP contribution in [0, 0.1) is 0 Å². The van der Waals surface area contributed by atoms with Crippen LogP contribution in [0.25, 0.3) is 22.1 Å². The van der Waals surface area contributed by atoms with Gasteiger partial charge in [0.2, 0.25) is 5.43 Å². The Hall–Kier alpha value is -3.97. The predicted octanol–water partition coefficient (Wildman–Crippen LogP) is 5.95. The molecule has 0 atom stereocenters. The van der Waals surface area contributed by atoms with Gasteiger partial charge in [0.05, 0.1) is 19.3 Å². The minimum absolute atomic E-state index is 0.0432. The van der Waals surface area contributed by atoms with Gasteiger partial charge in [0.15, 0.2) is 0 Å². The molecule has 4 rings (SSSR count). The Bertz CT molecular complexity index is 1380. The third-order valence-electron chi connectivity index (χ3n) is 6.34. The Morgan fingerprint density at radius 1 is 0.946 bits per heavy atom. The molecule has 0 unspecified atom stereocenters. The van der Waals surface area contributed by atoms with E-state index in [1.165, 1.54) is 17.9 Å². The van der Waals surface area contributed by atoms with Crippen LogP contribution in [-0.4, -0.2) is 42.4 Å². The molecule has 0 bridgehead atoms. The molecule has 0 aliphatic carbocycles. The van der Waals surface area contributed by atoms with Crippen molar-refractivity contribution in [2.24, 2.45) is 0 Å². The maximum atomic E-state index is 12.9. The maximum Gasteiger partial charge on any atom is 0.204 e. The summed E-state index contributed by atoms with van der Waals surface area (Å²) >= 11 is 0. The van der Waals surface area contributed by atoms with E-state index in [1.807, 2.05) is 30.3 Å². The third kappa shape index (κ3) is 6.62. The number of fused-ring (bicyclic) bond motifs is 1. The van der Waals surface area contributed by atoms with Crippen molar-refractivity contribution in [2.45, 2.75) is 32.2 Å². The molecule has 0 aliphatic heterocycles. The average molecular weight is 504 g/mol.